The predicted molar refractivity (Wildman–Crippen MR) is 79.0 cm³/mol. The van der Waals surface area contributed by atoms with Gasteiger partial charge >= 0.3 is 6.09 Å². The minimum Gasteiger partial charge on any atom is -0.444 e. The summed E-state index contributed by atoms with van der Waals surface area (Å²) in [7, 11) is 0. The zero-order chi connectivity index (χ0) is 14.7. The van der Waals surface area contributed by atoms with E-state index >= 15 is 0 Å². The number of H-pyrrole nitrogens is 1. The summed E-state index contributed by atoms with van der Waals surface area (Å²) in [5, 5.41) is 6.88. The number of ether oxygens (including phenoxy) is 1. The number of rotatable bonds is 0. The standard InChI is InChI=1S/C13H17FIN3O2/c1-13(2,3)20-12(19)18-6-4-5-7(18)9(14)10-8(6)11(15)17-16-10/h6-7,9H,4-5H2,1-3H3,(H,16,17). The van der Waals surface area contributed by atoms with Crippen LogP contribution in [0.3, 0.4) is 0 Å². The molecule has 3 rings (SSSR count). The Morgan fingerprint density at radius 2 is 2.20 bits per heavy atom. The number of carbonyl (C=O) groups is 1. The zero-order valence-electron chi connectivity index (χ0n) is 11.6. The maximum Gasteiger partial charge on any atom is 0.411 e. The van der Waals surface area contributed by atoms with E-state index in [-0.39, 0.29) is 6.04 Å². The molecule has 1 saturated heterocycles. The average molecular weight is 393 g/mol. The summed E-state index contributed by atoms with van der Waals surface area (Å²) >= 11 is 2.10. The Morgan fingerprint density at radius 3 is 2.85 bits per heavy atom. The third-order valence-electron chi connectivity index (χ3n) is 3.75. The first kappa shape index (κ1) is 14.1. The SMILES string of the molecule is CC(C)(C)OC(=O)N1C2CCC1C(F)c1n[nH]c(I)c12. The van der Waals surface area contributed by atoms with Gasteiger partial charge in [0.2, 0.25) is 0 Å². The van der Waals surface area contributed by atoms with Crippen LogP contribution in [0, 0.1) is 3.70 Å². The van der Waals surface area contributed by atoms with Gasteiger partial charge in [-0.1, -0.05) is 0 Å². The molecule has 1 aromatic rings. The molecule has 7 heteroatoms. The molecule has 0 saturated carbocycles. The Balaban J connectivity index is 1.96. The monoisotopic (exact) mass is 393 g/mol. The van der Waals surface area contributed by atoms with Gasteiger partial charge in [0.05, 0.1) is 12.1 Å². The fourth-order valence-electron chi connectivity index (χ4n) is 3.04. The maximum atomic E-state index is 14.6. The molecule has 0 aromatic carbocycles. The van der Waals surface area contributed by atoms with E-state index in [2.05, 4.69) is 32.8 Å². The zero-order valence-corrected chi connectivity index (χ0v) is 13.8. The lowest BCUT2D eigenvalue weighted by atomic mass is 9.99. The molecule has 2 aliphatic rings. The Morgan fingerprint density at radius 1 is 1.50 bits per heavy atom. The van der Waals surface area contributed by atoms with Gasteiger partial charge in [-0.2, -0.15) is 5.10 Å². The number of alkyl halides is 1. The number of aromatic amines is 1. The van der Waals surface area contributed by atoms with Gasteiger partial charge in [0.15, 0.2) is 6.17 Å². The highest BCUT2D eigenvalue weighted by molar-refractivity contribution is 14.1. The molecule has 5 nitrogen and oxygen atoms in total. The van der Waals surface area contributed by atoms with E-state index in [0.717, 1.165) is 15.7 Å². The van der Waals surface area contributed by atoms with Crippen molar-refractivity contribution in [1.29, 1.82) is 0 Å². The molecular formula is C13H17FIN3O2. The Kier molecular flexibility index (Phi) is 3.22. The number of nitrogens with one attached hydrogen (secondary N) is 1. The van der Waals surface area contributed by atoms with E-state index in [0.29, 0.717) is 12.1 Å². The van der Waals surface area contributed by atoms with Crippen LogP contribution in [0.4, 0.5) is 9.18 Å². The highest BCUT2D eigenvalue weighted by Gasteiger charge is 2.51. The van der Waals surface area contributed by atoms with Crippen molar-refractivity contribution in [3.8, 4) is 0 Å². The number of carbonyl (C=O) groups excluding carboxylic acids is 1. The number of amides is 1. The molecule has 3 atom stereocenters. The molecule has 0 radical (unpaired) electrons. The second-order valence-corrected chi connectivity index (χ2v) is 7.37. The number of aromatic nitrogens is 2. The van der Waals surface area contributed by atoms with Crippen molar-refractivity contribution in [1.82, 2.24) is 15.1 Å². The van der Waals surface area contributed by atoms with Gasteiger partial charge in [-0.25, -0.2) is 9.18 Å². The first-order valence-corrected chi connectivity index (χ1v) is 7.76. The quantitative estimate of drug-likeness (QED) is 0.687. The lowest BCUT2D eigenvalue weighted by Crippen LogP contribution is -2.45. The first-order valence-electron chi connectivity index (χ1n) is 6.68. The minimum atomic E-state index is -1.24. The summed E-state index contributed by atoms with van der Waals surface area (Å²) in [6, 6.07) is -0.580. The fourth-order valence-corrected chi connectivity index (χ4v) is 3.79. The lowest BCUT2D eigenvalue weighted by Gasteiger charge is -2.37. The largest absolute Gasteiger partial charge is 0.444 e. The average Bonchev–Trinajstić information content (AvgIpc) is 2.86. The van der Waals surface area contributed by atoms with Crippen LogP contribution < -0.4 is 0 Å². The molecule has 110 valence electrons. The molecule has 3 heterocycles. The molecule has 3 unspecified atom stereocenters. The van der Waals surface area contributed by atoms with Crippen LogP contribution in [0.15, 0.2) is 0 Å². The maximum absolute atomic E-state index is 14.6. The Labute approximate surface area is 130 Å². The van der Waals surface area contributed by atoms with Crippen LogP contribution in [0.5, 0.6) is 0 Å². The summed E-state index contributed by atoms with van der Waals surface area (Å²) in [6.07, 6.45) is -0.268. The molecule has 1 aromatic heterocycles. The smallest absolute Gasteiger partial charge is 0.411 e. The van der Waals surface area contributed by atoms with Crippen LogP contribution in [0.1, 0.15) is 57.1 Å². The molecular weight excluding hydrogens is 376 g/mol. The van der Waals surface area contributed by atoms with Crippen LogP contribution in [0.2, 0.25) is 0 Å². The summed E-state index contributed by atoms with van der Waals surface area (Å²) in [5.41, 5.74) is 0.700. The molecule has 20 heavy (non-hydrogen) atoms. The van der Waals surface area contributed by atoms with E-state index in [9.17, 15) is 9.18 Å². The summed E-state index contributed by atoms with van der Waals surface area (Å²) in [5.74, 6) is 0. The molecule has 0 aliphatic carbocycles. The van der Waals surface area contributed by atoms with Gasteiger partial charge in [-0.05, 0) is 56.2 Å². The molecule has 1 amide bonds. The van der Waals surface area contributed by atoms with Crippen LogP contribution in [-0.2, 0) is 4.74 Å². The normalized spacial score (nSPS) is 28.4. The van der Waals surface area contributed by atoms with Crippen molar-refractivity contribution in [2.75, 3.05) is 0 Å². The molecule has 0 spiro atoms. The highest BCUT2D eigenvalue weighted by atomic mass is 127. The first-order chi connectivity index (χ1) is 9.29. The van der Waals surface area contributed by atoms with Crippen molar-refractivity contribution in [2.24, 2.45) is 0 Å². The van der Waals surface area contributed by atoms with Crippen molar-refractivity contribution in [2.45, 2.75) is 57.5 Å². The second-order valence-electron chi connectivity index (χ2n) is 6.29. The number of halogens is 2. The number of nitrogens with zero attached hydrogens (tertiary/aromatic N) is 2. The van der Waals surface area contributed by atoms with E-state index in [1.54, 1.807) is 4.90 Å². The van der Waals surface area contributed by atoms with Gasteiger partial charge < -0.3 is 4.74 Å². The van der Waals surface area contributed by atoms with E-state index in [1.165, 1.54) is 0 Å². The van der Waals surface area contributed by atoms with E-state index < -0.39 is 23.9 Å². The summed E-state index contributed by atoms with van der Waals surface area (Å²) in [4.78, 5) is 13.9. The second kappa shape index (κ2) is 4.57. The molecule has 1 fully saturated rings. The topological polar surface area (TPSA) is 58.2 Å². The van der Waals surface area contributed by atoms with E-state index in [1.807, 2.05) is 20.8 Å². The number of fused-ring (bicyclic) bond motifs is 4. The molecule has 1 N–H and O–H groups in total. The van der Waals surface area contributed by atoms with Crippen LogP contribution in [-0.4, -0.2) is 32.8 Å². The number of hydrogen-bond acceptors (Lipinski definition) is 3. The van der Waals surface area contributed by atoms with Crippen LogP contribution in [0.25, 0.3) is 0 Å². The van der Waals surface area contributed by atoms with Gasteiger partial charge in [-0.15, -0.1) is 0 Å². The summed E-state index contributed by atoms with van der Waals surface area (Å²) < 4.78 is 20.8. The van der Waals surface area contributed by atoms with Gasteiger partial charge in [-0.3, -0.25) is 10.00 Å². The molecule has 2 bridgehead atoms. The van der Waals surface area contributed by atoms with E-state index in [4.69, 9.17) is 4.74 Å². The van der Waals surface area contributed by atoms with Crippen molar-refractivity contribution in [3.05, 3.63) is 15.0 Å². The fraction of sp³-hybridized carbons (Fsp3) is 0.692. The molecule has 2 aliphatic heterocycles. The predicted octanol–water partition coefficient (Wildman–Crippen LogP) is 3.48. The van der Waals surface area contributed by atoms with Gasteiger partial charge in [0.25, 0.3) is 0 Å². The van der Waals surface area contributed by atoms with Crippen molar-refractivity contribution in [3.63, 3.8) is 0 Å². The summed E-state index contributed by atoms with van der Waals surface area (Å²) in [6.45, 7) is 5.45. The van der Waals surface area contributed by atoms with Crippen LogP contribution >= 0.6 is 22.6 Å². The minimum absolute atomic E-state index is 0.123. The third kappa shape index (κ3) is 2.10. The Hall–Kier alpha value is -0.860. The highest BCUT2D eigenvalue weighted by Crippen LogP contribution is 2.50. The van der Waals surface area contributed by atoms with Crippen molar-refractivity contribution < 1.29 is 13.9 Å². The van der Waals surface area contributed by atoms with Gasteiger partial charge in [0.1, 0.15) is 15.0 Å². The third-order valence-corrected chi connectivity index (χ3v) is 4.57. The van der Waals surface area contributed by atoms with Gasteiger partial charge in [0, 0.05) is 5.56 Å². The lowest BCUT2D eigenvalue weighted by molar-refractivity contribution is 0.000976. The van der Waals surface area contributed by atoms with Crippen molar-refractivity contribution >= 4 is 28.7 Å². The Bertz CT molecular complexity index is 554. The number of hydrogen-bond donors (Lipinski definition) is 1.